The van der Waals surface area contributed by atoms with Crippen LogP contribution in [0.15, 0.2) is 9.85 Å². The molecule has 0 aromatic carbocycles. The number of aliphatic hydroxyl groups excluding tert-OH is 1. The highest BCUT2D eigenvalue weighted by molar-refractivity contribution is 9.11. The van der Waals surface area contributed by atoms with Crippen LogP contribution in [0.1, 0.15) is 42.2 Å². The van der Waals surface area contributed by atoms with Crippen molar-refractivity contribution in [1.82, 2.24) is 0 Å². The van der Waals surface area contributed by atoms with Crippen molar-refractivity contribution in [1.29, 1.82) is 0 Å². The Bertz CT molecular complexity index is 298. The summed E-state index contributed by atoms with van der Waals surface area (Å²) in [6.07, 6.45) is 4.68. The molecule has 0 saturated heterocycles. The minimum absolute atomic E-state index is 0.240. The van der Waals surface area contributed by atoms with E-state index in [0.29, 0.717) is 0 Å². The van der Waals surface area contributed by atoms with Gasteiger partial charge in [0.1, 0.15) is 0 Å². The molecule has 0 radical (unpaired) electrons. The summed E-state index contributed by atoms with van der Waals surface area (Å²) >= 11 is 5.15. The third kappa shape index (κ3) is 2.20. The monoisotopic (exact) mass is 274 g/mol. The lowest BCUT2D eigenvalue weighted by atomic mass is 9.81. The summed E-state index contributed by atoms with van der Waals surface area (Å²) in [5, 5.41) is 9.98. The molecule has 0 amide bonds. The lowest BCUT2D eigenvalue weighted by Gasteiger charge is -2.27. The first-order valence-electron chi connectivity index (χ1n) is 5.10. The second-order valence-electron chi connectivity index (χ2n) is 4.15. The molecule has 2 rings (SSSR count). The first-order valence-corrected chi connectivity index (χ1v) is 6.71. The van der Waals surface area contributed by atoms with Gasteiger partial charge in [0.05, 0.1) is 9.89 Å². The van der Waals surface area contributed by atoms with Crippen molar-refractivity contribution in [3.05, 3.63) is 20.3 Å². The first-order chi connectivity index (χ1) is 6.66. The fraction of sp³-hybridized carbons (Fsp3) is 0.636. The summed E-state index contributed by atoms with van der Waals surface area (Å²) < 4.78 is 1.15. The molecule has 0 aliphatic heterocycles. The lowest BCUT2D eigenvalue weighted by Crippen LogP contribution is -2.14. The number of thiophene rings is 1. The Morgan fingerprint density at radius 1 is 1.64 bits per heavy atom. The molecule has 1 atom stereocenters. The van der Waals surface area contributed by atoms with Crippen LogP contribution in [0.25, 0.3) is 0 Å². The van der Waals surface area contributed by atoms with Crippen LogP contribution in [0.5, 0.6) is 0 Å². The topological polar surface area (TPSA) is 20.2 Å². The first kappa shape index (κ1) is 10.7. The second-order valence-corrected chi connectivity index (χ2v) is 6.56. The third-order valence-corrected chi connectivity index (χ3v) is 5.22. The zero-order valence-corrected chi connectivity index (χ0v) is 10.7. The summed E-state index contributed by atoms with van der Waals surface area (Å²) in [5.41, 5.74) is 1.23. The smallest absolute Gasteiger partial charge is 0.0885 e. The summed E-state index contributed by atoms with van der Waals surface area (Å²) in [6, 6.07) is 2.10. The zero-order valence-electron chi connectivity index (χ0n) is 8.29. The van der Waals surface area contributed by atoms with Gasteiger partial charge in [0.25, 0.3) is 0 Å². The summed E-state index contributed by atoms with van der Waals surface area (Å²) in [7, 11) is 0. The third-order valence-electron chi connectivity index (χ3n) is 2.99. The average Bonchev–Trinajstić information content (AvgIpc) is 2.40. The number of aliphatic hydroxyl groups is 1. The highest BCUT2D eigenvalue weighted by Crippen LogP contribution is 2.38. The van der Waals surface area contributed by atoms with Gasteiger partial charge in [-0.05, 0) is 46.8 Å². The molecular weight excluding hydrogens is 260 g/mol. The average molecular weight is 275 g/mol. The molecule has 1 heterocycles. The van der Waals surface area contributed by atoms with Crippen molar-refractivity contribution < 1.29 is 5.11 Å². The van der Waals surface area contributed by atoms with E-state index in [-0.39, 0.29) is 6.10 Å². The molecule has 78 valence electrons. The Kier molecular flexibility index (Phi) is 3.30. The van der Waals surface area contributed by atoms with Gasteiger partial charge in [-0.15, -0.1) is 11.3 Å². The molecule has 1 fully saturated rings. The van der Waals surface area contributed by atoms with Crippen molar-refractivity contribution >= 4 is 27.3 Å². The van der Waals surface area contributed by atoms with Crippen LogP contribution in [0.3, 0.4) is 0 Å². The molecule has 1 saturated carbocycles. The highest BCUT2D eigenvalue weighted by atomic mass is 79.9. The van der Waals surface area contributed by atoms with E-state index in [1.807, 2.05) is 0 Å². The number of aryl methyl sites for hydroxylation is 1. The SMILES string of the molecule is Cc1cc(C(O)CC2CCC2)sc1Br. The van der Waals surface area contributed by atoms with E-state index >= 15 is 0 Å². The minimum atomic E-state index is -0.240. The fourth-order valence-electron chi connectivity index (χ4n) is 1.81. The molecule has 14 heavy (non-hydrogen) atoms. The Hall–Kier alpha value is 0.140. The number of halogens is 1. The molecule has 0 bridgehead atoms. The summed E-state index contributed by atoms with van der Waals surface area (Å²) in [6.45, 7) is 2.07. The summed E-state index contributed by atoms with van der Waals surface area (Å²) in [4.78, 5) is 1.11. The van der Waals surface area contributed by atoms with Gasteiger partial charge in [-0.2, -0.15) is 0 Å². The molecule has 1 aromatic heterocycles. The minimum Gasteiger partial charge on any atom is -0.388 e. The van der Waals surface area contributed by atoms with Crippen molar-refractivity contribution in [2.24, 2.45) is 5.92 Å². The maximum atomic E-state index is 9.98. The molecule has 1 aromatic rings. The van der Waals surface area contributed by atoms with Gasteiger partial charge in [0.2, 0.25) is 0 Å². The predicted octanol–water partition coefficient (Wildman–Crippen LogP) is 4.04. The number of rotatable bonds is 3. The maximum absolute atomic E-state index is 9.98. The normalized spacial score (nSPS) is 19.4. The Balaban J connectivity index is 1.98. The van der Waals surface area contributed by atoms with Gasteiger partial charge in [-0.3, -0.25) is 0 Å². The van der Waals surface area contributed by atoms with Gasteiger partial charge in [-0.1, -0.05) is 19.3 Å². The Morgan fingerprint density at radius 3 is 2.79 bits per heavy atom. The Morgan fingerprint density at radius 2 is 2.36 bits per heavy atom. The number of hydrogen-bond donors (Lipinski definition) is 1. The van der Waals surface area contributed by atoms with E-state index in [0.717, 1.165) is 21.0 Å². The van der Waals surface area contributed by atoms with E-state index in [2.05, 4.69) is 28.9 Å². The summed E-state index contributed by atoms with van der Waals surface area (Å²) in [5.74, 6) is 0.770. The van der Waals surface area contributed by atoms with Crippen LogP contribution in [0.4, 0.5) is 0 Å². The van der Waals surface area contributed by atoms with Crippen LogP contribution in [-0.4, -0.2) is 5.11 Å². The van der Waals surface area contributed by atoms with Gasteiger partial charge < -0.3 is 5.11 Å². The van der Waals surface area contributed by atoms with Crippen molar-refractivity contribution in [2.45, 2.75) is 38.7 Å². The molecule has 1 aliphatic carbocycles. The van der Waals surface area contributed by atoms with E-state index < -0.39 is 0 Å². The molecule has 1 nitrogen and oxygen atoms in total. The van der Waals surface area contributed by atoms with E-state index in [1.54, 1.807) is 11.3 Å². The molecule has 3 heteroatoms. The quantitative estimate of drug-likeness (QED) is 0.882. The lowest BCUT2D eigenvalue weighted by molar-refractivity contribution is 0.121. The van der Waals surface area contributed by atoms with Gasteiger partial charge in [0.15, 0.2) is 0 Å². The van der Waals surface area contributed by atoms with Gasteiger partial charge in [-0.25, -0.2) is 0 Å². The van der Waals surface area contributed by atoms with Crippen molar-refractivity contribution in [3.63, 3.8) is 0 Å². The van der Waals surface area contributed by atoms with Crippen LogP contribution >= 0.6 is 27.3 Å². The zero-order chi connectivity index (χ0) is 10.1. The van der Waals surface area contributed by atoms with E-state index in [9.17, 15) is 5.11 Å². The molecule has 1 aliphatic rings. The number of hydrogen-bond acceptors (Lipinski definition) is 2. The molecule has 1 unspecified atom stereocenters. The van der Waals surface area contributed by atoms with Crippen LogP contribution in [-0.2, 0) is 0 Å². The predicted molar refractivity (Wildman–Crippen MR) is 63.7 cm³/mol. The fourth-order valence-corrected chi connectivity index (χ4v) is 3.38. The van der Waals surface area contributed by atoms with E-state index in [4.69, 9.17) is 0 Å². The van der Waals surface area contributed by atoms with E-state index in [1.165, 1.54) is 24.8 Å². The maximum Gasteiger partial charge on any atom is 0.0885 e. The van der Waals surface area contributed by atoms with Gasteiger partial charge >= 0.3 is 0 Å². The van der Waals surface area contributed by atoms with Crippen molar-refractivity contribution in [3.8, 4) is 0 Å². The Labute approximate surface area is 97.3 Å². The highest BCUT2D eigenvalue weighted by Gasteiger charge is 2.22. The van der Waals surface area contributed by atoms with Crippen LogP contribution in [0.2, 0.25) is 0 Å². The van der Waals surface area contributed by atoms with Crippen LogP contribution < -0.4 is 0 Å². The molecule has 1 N–H and O–H groups in total. The van der Waals surface area contributed by atoms with Gasteiger partial charge in [0, 0.05) is 4.88 Å². The van der Waals surface area contributed by atoms with Crippen LogP contribution in [0, 0.1) is 12.8 Å². The van der Waals surface area contributed by atoms with Crippen molar-refractivity contribution in [2.75, 3.05) is 0 Å². The largest absolute Gasteiger partial charge is 0.388 e. The molecular formula is C11H15BrOS. The molecule has 0 spiro atoms. The standard InChI is InChI=1S/C11H15BrOS/c1-7-5-10(14-11(7)12)9(13)6-8-3-2-4-8/h5,8-9,13H,2-4,6H2,1H3. The second kappa shape index (κ2) is 4.33.